The van der Waals surface area contributed by atoms with E-state index in [9.17, 15) is 14.4 Å². The second-order valence-electron chi connectivity index (χ2n) is 16.7. The minimum atomic E-state index is -0.765. The lowest BCUT2D eigenvalue weighted by molar-refractivity contribution is -0.167. The van der Waals surface area contributed by atoms with Crippen LogP contribution in [0.2, 0.25) is 0 Å². The molecular weight excluding hydrogens is 697 g/mol. The number of carbonyl (C=O) groups excluding carboxylic acids is 3. The second kappa shape index (κ2) is 45.8. The van der Waals surface area contributed by atoms with E-state index in [-0.39, 0.29) is 31.1 Å². The van der Waals surface area contributed by atoms with Gasteiger partial charge in [0.15, 0.2) is 6.10 Å². The largest absolute Gasteiger partial charge is 0.462 e. The normalized spacial score (nSPS) is 12.0. The van der Waals surface area contributed by atoms with E-state index in [1.54, 1.807) is 0 Å². The molecule has 0 aromatic heterocycles. The maximum Gasteiger partial charge on any atom is 0.306 e. The quantitative estimate of drug-likeness (QED) is 0.0264. The summed E-state index contributed by atoms with van der Waals surface area (Å²) < 4.78 is 16.8. The third-order valence-electron chi connectivity index (χ3n) is 11.0. The van der Waals surface area contributed by atoms with Gasteiger partial charge in [0.05, 0.1) is 0 Å². The average molecular weight is 791 g/mol. The Morgan fingerprint density at radius 2 is 0.589 bits per heavy atom. The molecule has 0 spiro atoms. The molecule has 0 aliphatic carbocycles. The van der Waals surface area contributed by atoms with Crippen molar-refractivity contribution in [3.63, 3.8) is 0 Å². The predicted octanol–water partition coefficient (Wildman–Crippen LogP) is 15.8. The van der Waals surface area contributed by atoms with Crippen LogP contribution in [-0.4, -0.2) is 37.2 Å². The monoisotopic (exact) mass is 791 g/mol. The van der Waals surface area contributed by atoms with Gasteiger partial charge in [0.1, 0.15) is 13.2 Å². The van der Waals surface area contributed by atoms with Crippen molar-refractivity contribution in [3.05, 3.63) is 12.2 Å². The van der Waals surface area contributed by atoms with Gasteiger partial charge < -0.3 is 14.2 Å². The SMILES string of the molecule is CCCCC/C=C\CCCCCCCC(=O)OC[C@H](COC(=O)CCCCCCCCCCCCCCC)OC(=O)CCCCCCCCCCCCCCC. The first kappa shape index (κ1) is 54.2. The van der Waals surface area contributed by atoms with E-state index in [0.29, 0.717) is 19.3 Å². The standard InChI is InChI=1S/C50H94O6/c1-4-7-10-13-16-19-22-25-28-31-34-37-40-43-49(52)55-46-47(45-54-48(51)42-39-36-33-30-27-24-21-18-15-12-9-6-3)56-50(53)44-41-38-35-32-29-26-23-20-17-14-11-8-5-2/h18,21,47H,4-17,19-20,22-46H2,1-3H3/b21-18-/t47-/m1/s1. The minimum Gasteiger partial charge on any atom is -0.462 e. The number of allylic oxidation sites excluding steroid dienone is 2. The summed E-state index contributed by atoms with van der Waals surface area (Å²) in [7, 11) is 0. The van der Waals surface area contributed by atoms with E-state index in [0.717, 1.165) is 64.2 Å². The van der Waals surface area contributed by atoms with Gasteiger partial charge in [-0.05, 0) is 44.9 Å². The number of unbranched alkanes of at least 4 members (excludes halogenated alkanes) is 32. The lowest BCUT2D eigenvalue weighted by atomic mass is 10.0. The van der Waals surface area contributed by atoms with Crippen molar-refractivity contribution in [2.75, 3.05) is 13.2 Å². The molecule has 0 saturated heterocycles. The van der Waals surface area contributed by atoms with E-state index in [1.807, 2.05) is 0 Å². The minimum absolute atomic E-state index is 0.0675. The molecule has 0 aromatic carbocycles. The number of rotatable bonds is 45. The van der Waals surface area contributed by atoms with E-state index >= 15 is 0 Å². The van der Waals surface area contributed by atoms with Crippen LogP contribution in [0, 0.1) is 0 Å². The maximum atomic E-state index is 12.7. The summed E-state index contributed by atoms with van der Waals surface area (Å²) >= 11 is 0. The smallest absolute Gasteiger partial charge is 0.306 e. The van der Waals surface area contributed by atoms with Gasteiger partial charge in [-0.3, -0.25) is 14.4 Å². The fourth-order valence-electron chi connectivity index (χ4n) is 7.26. The van der Waals surface area contributed by atoms with Crippen LogP contribution in [0.25, 0.3) is 0 Å². The number of hydrogen-bond acceptors (Lipinski definition) is 6. The molecule has 0 radical (unpaired) electrons. The second-order valence-corrected chi connectivity index (χ2v) is 16.7. The molecule has 0 aliphatic rings. The van der Waals surface area contributed by atoms with Crippen molar-refractivity contribution >= 4 is 17.9 Å². The van der Waals surface area contributed by atoms with E-state index in [1.165, 1.54) is 167 Å². The first-order valence-corrected chi connectivity index (χ1v) is 24.7. The molecule has 56 heavy (non-hydrogen) atoms. The van der Waals surface area contributed by atoms with Crippen molar-refractivity contribution in [1.82, 2.24) is 0 Å². The Labute approximate surface area is 348 Å². The summed E-state index contributed by atoms with van der Waals surface area (Å²) in [6, 6.07) is 0. The summed E-state index contributed by atoms with van der Waals surface area (Å²) in [5.74, 6) is -0.864. The van der Waals surface area contributed by atoms with Crippen molar-refractivity contribution < 1.29 is 28.6 Å². The highest BCUT2D eigenvalue weighted by Gasteiger charge is 2.19. The molecule has 6 heteroatoms. The molecule has 0 heterocycles. The summed E-state index contributed by atoms with van der Waals surface area (Å²) in [6.07, 6.45) is 49.0. The van der Waals surface area contributed by atoms with Crippen molar-refractivity contribution in [2.45, 2.75) is 277 Å². The van der Waals surface area contributed by atoms with Gasteiger partial charge in [-0.1, -0.05) is 219 Å². The highest BCUT2D eigenvalue weighted by molar-refractivity contribution is 5.71. The van der Waals surface area contributed by atoms with Crippen LogP contribution in [0.3, 0.4) is 0 Å². The Hall–Kier alpha value is -1.85. The van der Waals surface area contributed by atoms with Crippen LogP contribution in [0.4, 0.5) is 0 Å². The first-order valence-electron chi connectivity index (χ1n) is 24.7. The van der Waals surface area contributed by atoms with Gasteiger partial charge in [0.2, 0.25) is 0 Å². The highest BCUT2D eigenvalue weighted by atomic mass is 16.6. The zero-order valence-corrected chi connectivity index (χ0v) is 37.7. The van der Waals surface area contributed by atoms with Crippen LogP contribution >= 0.6 is 0 Å². The number of ether oxygens (including phenoxy) is 3. The summed E-state index contributed by atoms with van der Waals surface area (Å²) in [5, 5.41) is 0. The fourth-order valence-corrected chi connectivity index (χ4v) is 7.26. The summed E-state index contributed by atoms with van der Waals surface area (Å²) in [4.78, 5) is 37.8. The number of hydrogen-bond donors (Lipinski definition) is 0. The van der Waals surface area contributed by atoms with Crippen LogP contribution in [-0.2, 0) is 28.6 Å². The van der Waals surface area contributed by atoms with Gasteiger partial charge in [-0.2, -0.15) is 0 Å². The Morgan fingerprint density at radius 3 is 0.929 bits per heavy atom. The van der Waals surface area contributed by atoms with Gasteiger partial charge in [-0.25, -0.2) is 0 Å². The third kappa shape index (κ3) is 43.3. The van der Waals surface area contributed by atoms with Gasteiger partial charge in [-0.15, -0.1) is 0 Å². The highest BCUT2D eigenvalue weighted by Crippen LogP contribution is 2.16. The molecule has 0 rings (SSSR count). The molecule has 6 nitrogen and oxygen atoms in total. The van der Waals surface area contributed by atoms with E-state index in [2.05, 4.69) is 32.9 Å². The maximum absolute atomic E-state index is 12.7. The first-order chi connectivity index (χ1) is 27.5. The van der Waals surface area contributed by atoms with Crippen molar-refractivity contribution in [2.24, 2.45) is 0 Å². The zero-order valence-electron chi connectivity index (χ0n) is 37.7. The Kier molecular flexibility index (Phi) is 44.3. The van der Waals surface area contributed by atoms with E-state index in [4.69, 9.17) is 14.2 Å². The topological polar surface area (TPSA) is 78.9 Å². The number of esters is 3. The molecule has 0 saturated carbocycles. The van der Waals surface area contributed by atoms with Crippen LogP contribution in [0.5, 0.6) is 0 Å². The van der Waals surface area contributed by atoms with Crippen LogP contribution in [0.1, 0.15) is 271 Å². The molecule has 1 atom stereocenters. The lowest BCUT2D eigenvalue weighted by Crippen LogP contribution is -2.30. The molecule has 0 aromatic rings. The van der Waals surface area contributed by atoms with E-state index < -0.39 is 6.10 Å². The van der Waals surface area contributed by atoms with Crippen LogP contribution in [0.15, 0.2) is 12.2 Å². The molecule has 0 amide bonds. The molecular formula is C50H94O6. The Bertz CT molecular complexity index is 870. The van der Waals surface area contributed by atoms with Crippen molar-refractivity contribution in [3.8, 4) is 0 Å². The molecule has 330 valence electrons. The fraction of sp³-hybridized carbons (Fsp3) is 0.900. The van der Waals surface area contributed by atoms with Gasteiger partial charge >= 0.3 is 17.9 Å². The average Bonchev–Trinajstić information content (AvgIpc) is 3.19. The van der Waals surface area contributed by atoms with Crippen molar-refractivity contribution in [1.29, 1.82) is 0 Å². The van der Waals surface area contributed by atoms with Crippen LogP contribution < -0.4 is 0 Å². The predicted molar refractivity (Wildman–Crippen MR) is 238 cm³/mol. The third-order valence-corrected chi connectivity index (χ3v) is 11.0. The lowest BCUT2D eigenvalue weighted by Gasteiger charge is -2.18. The summed E-state index contributed by atoms with van der Waals surface area (Å²) in [6.45, 7) is 6.63. The molecule has 0 unspecified atom stereocenters. The number of carbonyl (C=O) groups is 3. The molecule has 0 bridgehead atoms. The Balaban J connectivity index is 4.34. The summed E-state index contributed by atoms with van der Waals surface area (Å²) in [5.41, 5.74) is 0. The molecule has 0 aliphatic heterocycles. The zero-order chi connectivity index (χ0) is 40.8. The molecule has 0 fully saturated rings. The molecule has 0 N–H and O–H groups in total. The van der Waals surface area contributed by atoms with Gasteiger partial charge in [0.25, 0.3) is 0 Å². The Morgan fingerprint density at radius 1 is 0.339 bits per heavy atom. The van der Waals surface area contributed by atoms with Gasteiger partial charge in [0, 0.05) is 19.3 Å².